The third-order valence-corrected chi connectivity index (χ3v) is 11.2. The van der Waals surface area contributed by atoms with E-state index >= 15 is 0 Å². The van der Waals surface area contributed by atoms with E-state index in [2.05, 4.69) is 121 Å². The molecule has 64 heavy (non-hydrogen) atoms. The van der Waals surface area contributed by atoms with Gasteiger partial charge in [0.1, 0.15) is 11.6 Å². The molecule has 10 aromatic rings. The van der Waals surface area contributed by atoms with Crippen LogP contribution in [0.4, 0.5) is 0 Å². The fourth-order valence-electron chi connectivity index (χ4n) is 7.95. The quantitative estimate of drug-likeness (QED) is 0.141. The summed E-state index contributed by atoms with van der Waals surface area (Å²) in [5.41, 5.74) is 7.18. The Labute approximate surface area is 401 Å². The molecule has 0 aliphatic carbocycles. The molecule has 0 spiro atoms. The van der Waals surface area contributed by atoms with Crippen LogP contribution in [0.5, 0.6) is 23.0 Å². The fraction of sp³-hybridized carbons (Fsp3) is 0.192. The zero-order valence-corrected chi connectivity index (χ0v) is 41.1. The smallest absolute Gasteiger partial charge is 0.503 e. The molecule has 6 heterocycles. The van der Waals surface area contributed by atoms with Crippen LogP contribution in [0.15, 0.2) is 122 Å². The molecule has 0 aliphatic rings. The number of hydrogen-bond donors (Lipinski definition) is 0. The molecule has 0 fully saturated rings. The minimum absolute atomic E-state index is 0. The normalized spacial score (nSPS) is 11.8. The topological polar surface area (TPSA) is 89.7 Å². The van der Waals surface area contributed by atoms with Crippen molar-refractivity contribution in [3.05, 3.63) is 158 Å². The van der Waals surface area contributed by atoms with Gasteiger partial charge in [0.25, 0.3) is 0 Å². The summed E-state index contributed by atoms with van der Waals surface area (Å²) in [5.74, 6) is 5.29. The molecule has 0 amide bonds. The molecule has 324 valence electrons. The van der Waals surface area contributed by atoms with Crippen LogP contribution in [-0.2, 0) is 67.1 Å². The van der Waals surface area contributed by atoms with Gasteiger partial charge in [-0.15, -0.1) is 71.8 Å². The van der Waals surface area contributed by atoms with Gasteiger partial charge in [-0.05, 0) is 46.2 Å². The van der Waals surface area contributed by atoms with Crippen molar-refractivity contribution in [1.29, 1.82) is 0 Å². The molecular weight excluding hydrogens is 1160 g/mol. The van der Waals surface area contributed by atoms with Gasteiger partial charge < -0.3 is 27.7 Å². The number of ether oxygens (including phenoxy) is 2. The van der Waals surface area contributed by atoms with E-state index in [9.17, 15) is 0 Å². The number of nitrogens with zero attached hydrogens (tertiary/aromatic N) is 8. The molecule has 0 saturated heterocycles. The second-order valence-electron chi connectivity index (χ2n) is 17.6. The Hall–Kier alpha value is -6.08. The van der Waals surface area contributed by atoms with Gasteiger partial charge in [-0.3, -0.25) is 9.97 Å². The van der Waals surface area contributed by atoms with Crippen molar-refractivity contribution < 1.29 is 51.6 Å². The van der Waals surface area contributed by atoms with Crippen molar-refractivity contribution >= 4 is 32.8 Å². The van der Waals surface area contributed by atoms with Crippen LogP contribution < -0.4 is 9.47 Å². The zero-order chi connectivity index (χ0) is 42.9. The number of aromatic nitrogens is 8. The Morgan fingerprint density at radius 2 is 0.875 bits per heavy atom. The third kappa shape index (κ3) is 8.14. The molecule has 12 heteroatoms. The SMILES string of the molecule is Cn1ccnc1-c1[c-]c(Oc2[c-]c3c(cc2)c2c(c4ccc(Oc5[c-]c(-c6nccn6C)ccc5)[c-]c4n2-c2cc(C(C)(C)C)ccn2)n3-c2cc(C(C)(C)C)ccn2)ccc1.[Pt+2].[Pt+2]. The average molecular weight is 1200 g/mol. The second-order valence-corrected chi connectivity index (χ2v) is 17.6. The van der Waals surface area contributed by atoms with Crippen LogP contribution in [0, 0.1) is 24.3 Å². The minimum Gasteiger partial charge on any atom is -0.503 e. The maximum absolute atomic E-state index is 6.54. The van der Waals surface area contributed by atoms with Crippen molar-refractivity contribution in [3.63, 3.8) is 0 Å². The van der Waals surface area contributed by atoms with E-state index < -0.39 is 0 Å². The van der Waals surface area contributed by atoms with E-state index in [4.69, 9.17) is 19.4 Å². The Balaban J connectivity index is 0.00000280. The molecule has 4 aromatic carbocycles. The van der Waals surface area contributed by atoms with E-state index in [0.717, 1.165) is 78.4 Å². The van der Waals surface area contributed by atoms with Crippen LogP contribution in [0.3, 0.4) is 0 Å². The summed E-state index contributed by atoms with van der Waals surface area (Å²) in [6.45, 7) is 13.3. The van der Waals surface area contributed by atoms with E-state index in [0.29, 0.717) is 23.0 Å². The summed E-state index contributed by atoms with van der Waals surface area (Å²) < 4.78 is 21.4. The Bertz CT molecular complexity index is 3110. The summed E-state index contributed by atoms with van der Waals surface area (Å²) in [4.78, 5) is 19.1. The van der Waals surface area contributed by atoms with E-state index in [1.807, 2.05) is 96.5 Å². The molecule has 0 unspecified atom stereocenters. The molecule has 6 aromatic heterocycles. The number of imidazole rings is 2. The van der Waals surface area contributed by atoms with Gasteiger partial charge in [-0.2, -0.15) is 12.1 Å². The monoisotopic (exact) mass is 1200 g/mol. The molecule has 0 radical (unpaired) electrons. The molecule has 0 saturated carbocycles. The molecular formula is C52H44N8O2Pt2. The van der Waals surface area contributed by atoms with Gasteiger partial charge >= 0.3 is 42.1 Å². The standard InChI is InChI=1S/C52H44N8O2.2Pt/c1-51(2,3)35-19-21-53-45(29-35)59-43-31-39(61-37-13-9-11-33(27-37)49-55-23-25-57(49)7)15-17-41(43)48-47(59)42-18-16-40(62-38-14-10-12-34(28-38)50-56-24-26-58(50)8)32-44(42)60(48)46-30-36(20-22-54-46)52(4,5)6;;/h9-26,29-30H,1-8H3;;/q-4;2*+2. The van der Waals surface area contributed by atoms with Crippen LogP contribution in [0.25, 0.3) is 67.3 Å². The van der Waals surface area contributed by atoms with Crippen LogP contribution in [0.2, 0.25) is 0 Å². The summed E-state index contributed by atoms with van der Waals surface area (Å²) in [5, 5.41) is 1.87. The van der Waals surface area contributed by atoms with Crippen LogP contribution >= 0.6 is 0 Å². The average Bonchev–Trinajstić information content (AvgIpc) is 4.03. The summed E-state index contributed by atoms with van der Waals surface area (Å²) >= 11 is 0. The number of benzene rings is 4. The van der Waals surface area contributed by atoms with Crippen molar-refractivity contribution in [2.24, 2.45) is 14.1 Å². The number of rotatable bonds is 8. The maximum atomic E-state index is 6.54. The van der Waals surface area contributed by atoms with Crippen molar-refractivity contribution in [3.8, 4) is 57.4 Å². The minimum atomic E-state index is -0.123. The Kier molecular flexibility index (Phi) is 11.9. The first-order valence-electron chi connectivity index (χ1n) is 20.6. The first-order chi connectivity index (χ1) is 29.8. The molecule has 10 rings (SSSR count). The predicted octanol–water partition coefficient (Wildman–Crippen LogP) is 11.7. The number of pyridine rings is 2. The van der Waals surface area contributed by atoms with E-state index in [1.54, 1.807) is 12.4 Å². The molecule has 0 bridgehead atoms. The summed E-state index contributed by atoms with van der Waals surface area (Å²) in [6.07, 6.45) is 11.1. The molecule has 10 nitrogen and oxygen atoms in total. The van der Waals surface area contributed by atoms with Crippen molar-refractivity contribution in [2.75, 3.05) is 0 Å². The van der Waals surface area contributed by atoms with Gasteiger partial charge in [0.15, 0.2) is 0 Å². The summed E-state index contributed by atoms with van der Waals surface area (Å²) in [6, 6.07) is 42.4. The molecule has 0 aliphatic heterocycles. The molecule has 0 N–H and O–H groups in total. The van der Waals surface area contributed by atoms with Crippen molar-refractivity contribution in [2.45, 2.75) is 52.4 Å². The zero-order valence-electron chi connectivity index (χ0n) is 36.6. The van der Waals surface area contributed by atoms with Gasteiger partial charge in [0, 0.05) is 85.3 Å². The summed E-state index contributed by atoms with van der Waals surface area (Å²) in [7, 11) is 3.93. The van der Waals surface area contributed by atoms with E-state index in [1.165, 1.54) is 0 Å². The predicted molar refractivity (Wildman–Crippen MR) is 243 cm³/mol. The third-order valence-electron chi connectivity index (χ3n) is 11.2. The maximum Gasteiger partial charge on any atom is 2.00 e. The second kappa shape index (κ2) is 17.1. The first-order valence-corrected chi connectivity index (χ1v) is 20.6. The number of fused-ring (bicyclic) bond motifs is 5. The van der Waals surface area contributed by atoms with Gasteiger partial charge in [0.05, 0.1) is 11.6 Å². The fourth-order valence-corrected chi connectivity index (χ4v) is 7.95. The van der Waals surface area contributed by atoms with E-state index in [-0.39, 0.29) is 53.0 Å². The Morgan fingerprint density at radius 3 is 1.25 bits per heavy atom. The van der Waals surface area contributed by atoms with Crippen molar-refractivity contribution in [1.82, 2.24) is 38.2 Å². The largest absolute Gasteiger partial charge is 2.00 e. The van der Waals surface area contributed by atoms with Gasteiger partial charge in [-0.1, -0.05) is 75.5 Å². The molecule has 0 atom stereocenters. The first kappa shape index (κ1) is 44.5. The van der Waals surface area contributed by atoms with Gasteiger partial charge in [-0.25, -0.2) is 9.97 Å². The Morgan fingerprint density at radius 1 is 0.469 bits per heavy atom. The van der Waals surface area contributed by atoms with Crippen LogP contribution in [0.1, 0.15) is 52.7 Å². The van der Waals surface area contributed by atoms with Gasteiger partial charge in [0.2, 0.25) is 0 Å². The van der Waals surface area contributed by atoms with Crippen LogP contribution in [-0.4, -0.2) is 38.2 Å². The number of hydrogen-bond acceptors (Lipinski definition) is 6. The number of aryl methyl sites for hydroxylation is 2.